The molecule has 1 aliphatic heterocycles. The number of ether oxygens (including phenoxy) is 2. The van der Waals surface area contributed by atoms with Crippen LogP contribution in [0.15, 0.2) is 42.6 Å². The monoisotopic (exact) mass is 427 g/mol. The molecule has 0 bridgehead atoms. The quantitative estimate of drug-likeness (QED) is 0.712. The number of hydrogen-bond acceptors (Lipinski definition) is 4. The van der Waals surface area contributed by atoms with Crippen molar-refractivity contribution >= 4 is 12.0 Å². The molecule has 0 spiro atoms. The van der Waals surface area contributed by atoms with E-state index >= 15 is 0 Å². The molecule has 0 saturated carbocycles. The third-order valence-corrected chi connectivity index (χ3v) is 5.43. The Morgan fingerprint density at radius 3 is 2.32 bits per heavy atom. The first-order chi connectivity index (χ1) is 14.7. The van der Waals surface area contributed by atoms with E-state index in [2.05, 4.69) is 4.57 Å². The van der Waals surface area contributed by atoms with Crippen molar-refractivity contribution < 1.29 is 19.1 Å². The third-order valence-electron chi connectivity index (χ3n) is 5.43. The number of nitrogens with zero attached hydrogens (tertiary/aromatic N) is 3. The lowest BCUT2D eigenvalue weighted by atomic mass is 10.0. The fraction of sp³-hybridized carbons (Fsp3) is 0.500. The molecule has 0 atom stereocenters. The molecule has 168 valence electrons. The maximum absolute atomic E-state index is 13.1. The van der Waals surface area contributed by atoms with Crippen molar-refractivity contribution in [3.05, 3.63) is 53.9 Å². The van der Waals surface area contributed by atoms with Crippen LogP contribution in [0.4, 0.5) is 4.79 Å². The van der Waals surface area contributed by atoms with Gasteiger partial charge in [0.1, 0.15) is 17.0 Å². The van der Waals surface area contributed by atoms with Gasteiger partial charge in [-0.05, 0) is 63.4 Å². The molecular weight excluding hydrogens is 394 g/mol. The van der Waals surface area contributed by atoms with Crippen LogP contribution in [0.3, 0.4) is 0 Å². The predicted octanol–water partition coefficient (Wildman–Crippen LogP) is 4.34. The Kier molecular flexibility index (Phi) is 6.93. The van der Waals surface area contributed by atoms with Crippen LogP contribution in [0.5, 0.6) is 5.75 Å². The SMILES string of the molecule is COc1ccc(CN(C)C(=O)c2cccn2C2CCN(C(=O)OC(C)(C)C)CC2)cc1. The van der Waals surface area contributed by atoms with E-state index in [-0.39, 0.29) is 18.0 Å². The molecule has 3 rings (SSSR count). The first kappa shape index (κ1) is 22.7. The zero-order valence-electron chi connectivity index (χ0n) is 19.1. The molecule has 7 heteroatoms. The number of methoxy groups -OCH3 is 1. The van der Waals surface area contributed by atoms with E-state index in [0.717, 1.165) is 24.2 Å². The lowest BCUT2D eigenvalue weighted by Gasteiger charge is -2.34. The van der Waals surface area contributed by atoms with Gasteiger partial charge in [0.25, 0.3) is 5.91 Å². The zero-order chi connectivity index (χ0) is 22.6. The molecule has 1 aromatic carbocycles. The maximum Gasteiger partial charge on any atom is 0.410 e. The first-order valence-corrected chi connectivity index (χ1v) is 10.7. The highest BCUT2D eigenvalue weighted by atomic mass is 16.6. The number of benzene rings is 1. The Hall–Kier alpha value is -2.96. The molecule has 2 amide bonds. The normalized spacial score (nSPS) is 14.9. The number of rotatable bonds is 5. The summed E-state index contributed by atoms with van der Waals surface area (Å²) in [6, 6.07) is 11.7. The molecule has 1 fully saturated rings. The number of carbonyl (C=O) groups excluding carboxylic acids is 2. The molecule has 0 unspecified atom stereocenters. The Labute approximate surface area is 184 Å². The summed E-state index contributed by atoms with van der Waals surface area (Å²) in [5.41, 5.74) is 1.22. The van der Waals surface area contributed by atoms with E-state index in [4.69, 9.17) is 9.47 Å². The van der Waals surface area contributed by atoms with Crippen LogP contribution in [0.2, 0.25) is 0 Å². The highest BCUT2D eigenvalue weighted by molar-refractivity contribution is 5.92. The molecule has 0 radical (unpaired) electrons. The van der Waals surface area contributed by atoms with Gasteiger partial charge in [-0.1, -0.05) is 12.1 Å². The summed E-state index contributed by atoms with van der Waals surface area (Å²) in [5, 5.41) is 0. The second-order valence-corrected chi connectivity index (χ2v) is 9.01. The first-order valence-electron chi connectivity index (χ1n) is 10.7. The highest BCUT2D eigenvalue weighted by Crippen LogP contribution is 2.26. The van der Waals surface area contributed by atoms with Crippen LogP contribution < -0.4 is 4.74 Å². The van der Waals surface area contributed by atoms with Crippen LogP contribution in [0, 0.1) is 0 Å². The van der Waals surface area contributed by atoms with Gasteiger partial charge >= 0.3 is 6.09 Å². The summed E-state index contributed by atoms with van der Waals surface area (Å²) in [6.45, 7) is 7.37. The molecule has 0 aliphatic carbocycles. The molecule has 2 aromatic rings. The second kappa shape index (κ2) is 9.45. The number of aromatic nitrogens is 1. The van der Waals surface area contributed by atoms with Crippen molar-refractivity contribution in [2.75, 3.05) is 27.2 Å². The van der Waals surface area contributed by atoms with E-state index in [1.807, 2.05) is 70.4 Å². The zero-order valence-corrected chi connectivity index (χ0v) is 19.1. The van der Waals surface area contributed by atoms with Gasteiger partial charge in [0, 0.05) is 38.9 Å². The predicted molar refractivity (Wildman–Crippen MR) is 119 cm³/mol. The Morgan fingerprint density at radius 1 is 1.10 bits per heavy atom. The average molecular weight is 428 g/mol. The minimum atomic E-state index is -0.498. The van der Waals surface area contributed by atoms with Crippen molar-refractivity contribution in [2.45, 2.75) is 51.8 Å². The smallest absolute Gasteiger partial charge is 0.410 e. The Bertz CT molecular complexity index is 890. The van der Waals surface area contributed by atoms with Gasteiger partial charge in [-0.2, -0.15) is 0 Å². The lowest BCUT2D eigenvalue weighted by molar-refractivity contribution is 0.0186. The molecule has 1 saturated heterocycles. The van der Waals surface area contributed by atoms with E-state index < -0.39 is 5.60 Å². The number of hydrogen-bond donors (Lipinski definition) is 0. The van der Waals surface area contributed by atoms with Crippen molar-refractivity contribution in [2.24, 2.45) is 0 Å². The minimum absolute atomic E-state index is 0.0182. The van der Waals surface area contributed by atoms with Crippen LogP contribution >= 0.6 is 0 Å². The van der Waals surface area contributed by atoms with Crippen LogP contribution in [-0.2, 0) is 11.3 Å². The maximum atomic E-state index is 13.1. The van der Waals surface area contributed by atoms with Crippen LogP contribution in [0.1, 0.15) is 55.7 Å². The van der Waals surface area contributed by atoms with Gasteiger partial charge in [-0.3, -0.25) is 4.79 Å². The van der Waals surface area contributed by atoms with Gasteiger partial charge in [-0.25, -0.2) is 4.79 Å². The van der Waals surface area contributed by atoms with Gasteiger partial charge in [0.2, 0.25) is 0 Å². The van der Waals surface area contributed by atoms with Crippen LogP contribution in [-0.4, -0.2) is 59.2 Å². The summed E-state index contributed by atoms with van der Waals surface area (Å²) in [5.74, 6) is 0.778. The second-order valence-electron chi connectivity index (χ2n) is 9.01. The van der Waals surface area contributed by atoms with Crippen molar-refractivity contribution in [1.82, 2.24) is 14.4 Å². The standard InChI is InChI=1S/C24H33N3O4/c1-24(2,3)31-23(29)26-15-12-19(13-16-26)27-14-6-7-21(27)22(28)25(4)17-18-8-10-20(30-5)11-9-18/h6-11,14,19H,12-13,15-17H2,1-5H3. The van der Waals surface area contributed by atoms with Crippen LogP contribution in [0.25, 0.3) is 0 Å². The fourth-order valence-corrected chi connectivity index (χ4v) is 3.82. The minimum Gasteiger partial charge on any atom is -0.497 e. The number of piperidine rings is 1. The van der Waals surface area contributed by atoms with Gasteiger partial charge < -0.3 is 23.8 Å². The van der Waals surface area contributed by atoms with E-state index in [0.29, 0.717) is 25.3 Å². The largest absolute Gasteiger partial charge is 0.497 e. The molecule has 2 heterocycles. The summed E-state index contributed by atoms with van der Waals surface area (Å²) in [7, 11) is 3.45. The van der Waals surface area contributed by atoms with E-state index in [9.17, 15) is 9.59 Å². The lowest BCUT2D eigenvalue weighted by Crippen LogP contribution is -2.42. The Morgan fingerprint density at radius 2 is 1.74 bits per heavy atom. The van der Waals surface area contributed by atoms with Crippen molar-refractivity contribution in [3.8, 4) is 5.75 Å². The average Bonchev–Trinajstić information content (AvgIpc) is 3.22. The Balaban J connectivity index is 1.61. The molecule has 0 N–H and O–H groups in total. The third kappa shape index (κ3) is 5.81. The van der Waals surface area contributed by atoms with Gasteiger partial charge in [-0.15, -0.1) is 0 Å². The number of carbonyl (C=O) groups is 2. The van der Waals surface area contributed by atoms with E-state index in [1.54, 1.807) is 16.9 Å². The molecular formula is C24H33N3O4. The summed E-state index contributed by atoms with van der Waals surface area (Å²) in [6.07, 6.45) is 3.27. The molecule has 7 nitrogen and oxygen atoms in total. The molecule has 1 aromatic heterocycles. The van der Waals surface area contributed by atoms with Gasteiger partial charge in [0.05, 0.1) is 7.11 Å². The van der Waals surface area contributed by atoms with E-state index in [1.165, 1.54) is 0 Å². The molecule has 31 heavy (non-hydrogen) atoms. The van der Waals surface area contributed by atoms with Gasteiger partial charge in [0.15, 0.2) is 0 Å². The number of amides is 2. The summed E-state index contributed by atoms with van der Waals surface area (Å²) < 4.78 is 12.7. The van der Waals surface area contributed by atoms with Crippen molar-refractivity contribution in [1.29, 1.82) is 0 Å². The highest BCUT2D eigenvalue weighted by Gasteiger charge is 2.29. The summed E-state index contributed by atoms with van der Waals surface area (Å²) in [4.78, 5) is 28.9. The summed E-state index contributed by atoms with van der Waals surface area (Å²) >= 11 is 0. The van der Waals surface area contributed by atoms with Crippen molar-refractivity contribution in [3.63, 3.8) is 0 Å². The number of likely N-dealkylation sites (tertiary alicyclic amines) is 1. The topological polar surface area (TPSA) is 64.0 Å². The fourth-order valence-electron chi connectivity index (χ4n) is 3.82. The molecule has 1 aliphatic rings.